The molecule has 2 unspecified atom stereocenters. The Hall–Kier alpha value is -0.980. The Balaban J connectivity index is 1.93. The highest BCUT2D eigenvalue weighted by atomic mass is 79.9. The second kappa shape index (κ2) is 7.87. The predicted octanol–water partition coefficient (Wildman–Crippen LogP) is 3.25. The SMILES string of the molecule is O=[N+]([O-])c1ccc(Br)cc1CNCC1CCCCC1CO. The number of halogens is 1. The Kier molecular flexibility index (Phi) is 6.14. The van der Waals surface area contributed by atoms with E-state index in [0.717, 1.165) is 23.9 Å². The van der Waals surface area contributed by atoms with Gasteiger partial charge in [0, 0.05) is 29.3 Å². The molecular weight excluding hydrogens is 336 g/mol. The van der Waals surface area contributed by atoms with E-state index in [0.29, 0.717) is 23.9 Å². The zero-order valence-corrected chi connectivity index (χ0v) is 13.5. The van der Waals surface area contributed by atoms with Crippen LogP contribution in [0.25, 0.3) is 0 Å². The van der Waals surface area contributed by atoms with Gasteiger partial charge in [0.1, 0.15) is 0 Å². The fourth-order valence-electron chi connectivity index (χ4n) is 3.06. The van der Waals surface area contributed by atoms with E-state index in [1.54, 1.807) is 12.1 Å². The quantitative estimate of drug-likeness (QED) is 0.605. The third-order valence-corrected chi connectivity index (χ3v) is 4.75. The molecule has 1 fully saturated rings. The van der Waals surface area contributed by atoms with Gasteiger partial charge < -0.3 is 10.4 Å². The summed E-state index contributed by atoms with van der Waals surface area (Å²) in [6, 6.07) is 5.00. The van der Waals surface area contributed by atoms with Crippen LogP contribution in [0.15, 0.2) is 22.7 Å². The number of aliphatic hydroxyl groups is 1. The molecule has 0 amide bonds. The lowest BCUT2D eigenvalue weighted by molar-refractivity contribution is -0.385. The maximum absolute atomic E-state index is 11.0. The van der Waals surface area contributed by atoms with Gasteiger partial charge in [0.05, 0.1) is 4.92 Å². The zero-order chi connectivity index (χ0) is 15.2. The van der Waals surface area contributed by atoms with Gasteiger partial charge >= 0.3 is 0 Å². The molecule has 1 aliphatic rings. The Morgan fingerprint density at radius 3 is 2.71 bits per heavy atom. The van der Waals surface area contributed by atoms with Crippen molar-refractivity contribution in [1.82, 2.24) is 5.32 Å². The maximum Gasteiger partial charge on any atom is 0.273 e. The van der Waals surface area contributed by atoms with Crippen molar-refractivity contribution < 1.29 is 10.0 Å². The molecule has 5 nitrogen and oxygen atoms in total. The molecule has 0 heterocycles. The third-order valence-electron chi connectivity index (χ3n) is 4.26. The molecule has 0 bridgehead atoms. The first-order valence-corrected chi connectivity index (χ1v) is 8.15. The van der Waals surface area contributed by atoms with Gasteiger partial charge in [-0.25, -0.2) is 0 Å². The van der Waals surface area contributed by atoms with Crippen molar-refractivity contribution in [3.05, 3.63) is 38.3 Å². The number of aliphatic hydroxyl groups excluding tert-OH is 1. The number of nitro groups is 1. The lowest BCUT2D eigenvalue weighted by atomic mass is 9.79. The zero-order valence-electron chi connectivity index (χ0n) is 11.9. The minimum atomic E-state index is -0.347. The smallest absolute Gasteiger partial charge is 0.273 e. The topological polar surface area (TPSA) is 75.4 Å². The minimum Gasteiger partial charge on any atom is -0.396 e. The second-order valence-corrected chi connectivity index (χ2v) is 6.56. The molecule has 0 radical (unpaired) electrons. The normalized spacial score (nSPS) is 22.2. The summed E-state index contributed by atoms with van der Waals surface area (Å²) in [4.78, 5) is 10.7. The number of benzene rings is 1. The van der Waals surface area contributed by atoms with Crippen LogP contribution >= 0.6 is 15.9 Å². The first kappa shape index (κ1) is 16.4. The van der Waals surface area contributed by atoms with Crippen molar-refractivity contribution in [2.75, 3.05) is 13.2 Å². The van der Waals surface area contributed by atoms with E-state index in [-0.39, 0.29) is 17.2 Å². The Labute approximate surface area is 133 Å². The first-order valence-electron chi connectivity index (χ1n) is 7.36. The molecule has 0 saturated heterocycles. The van der Waals surface area contributed by atoms with E-state index < -0.39 is 0 Å². The molecule has 1 aliphatic carbocycles. The van der Waals surface area contributed by atoms with Crippen molar-refractivity contribution >= 4 is 21.6 Å². The van der Waals surface area contributed by atoms with Crippen LogP contribution in [-0.4, -0.2) is 23.2 Å². The molecule has 2 atom stereocenters. The van der Waals surface area contributed by atoms with Crippen molar-refractivity contribution in [1.29, 1.82) is 0 Å². The minimum absolute atomic E-state index is 0.146. The number of rotatable bonds is 6. The van der Waals surface area contributed by atoms with Gasteiger partial charge in [0.25, 0.3) is 5.69 Å². The van der Waals surface area contributed by atoms with Crippen LogP contribution in [0.5, 0.6) is 0 Å². The molecule has 6 heteroatoms. The van der Waals surface area contributed by atoms with E-state index >= 15 is 0 Å². The fraction of sp³-hybridized carbons (Fsp3) is 0.600. The van der Waals surface area contributed by atoms with Gasteiger partial charge in [-0.1, -0.05) is 28.8 Å². The van der Waals surface area contributed by atoms with E-state index in [9.17, 15) is 15.2 Å². The van der Waals surface area contributed by atoms with Crippen molar-refractivity contribution in [3.63, 3.8) is 0 Å². The molecule has 1 aromatic carbocycles. The molecule has 1 saturated carbocycles. The van der Waals surface area contributed by atoms with Crippen LogP contribution in [0.2, 0.25) is 0 Å². The Morgan fingerprint density at radius 1 is 1.33 bits per heavy atom. The third kappa shape index (κ3) is 4.49. The highest BCUT2D eigenvalue weighted by molar-refractivity contribution is 9.10. The molecule has 0 spiro atoms. The van der Waals surface area contributed by atoms with Gasteiger partial charge in [-0.15, -0.1) is 0 Å². The molecule has 2 rings (SSSR count). The predicted molar refractivity (Wildman–Crippen MR) is 85.0 cm³/mol. The van der Waals surface area contributed by atoms with E-state index in [1.807, 2.05) is 0 Å². The molecule has 2 N–H and O–H groups in total. The molecular formula is C15H21BrN2O3. The monoisotopic (exact) mass is 356 g/mol. The maximum atomic E-state index is 11.0. The van der Waals surface area contributed by atoms with Gasteiger partial charge in [-0.2, -0.15) is 0 Å². The molecule has 21 heavy (non-hydrogen) atoms. The van der Waals surface area contributed by atoms with E-state index in [2.05, 4.69) is 21.2 Å². The summed E-state index contributed by atoms with van der Waals surface area (Å²) in [5.41, 5.74) is 0.832. The van der Waals surface area contributed by atoms with Crippen LogP contribution in [0, 0.1) is 22.0 Å². The van der Waals surface area contributed by atoms with Crippen molar-refractivity contribution in [2.24, 2.45) is 11.8 Å². The van der Waals surface area contributed by atoms with E-state index in [1.165, 1.54) is 18.9 Å². The Morgan fingerprint density at radius 2 is 2.05 bits per heavy atom. The average Bonchev–Trinajstić information content (AvgIpc) is 2.47. The Bertz CT molecular complexity index is 496. The fourth-order valence-corrected chi connectivity index (χ4v) is 3.47. The largest absolute Gasteiger partial charge is 0.396 e. The van der Waals surface area contributed by atoms with Crippen LogP contribution in [0.3, 0.4) is 0 Å². The molecule has 1 aromatic rings. The lowest BCUT2D eigenvalue weighted by Gasteiger charge is -2.30. The van der Waals surface area contributed by atoms with Crippen LogP contribution < -0.4 is 5.32 Å². The average molecular weight is 357 g/mol. The first-order chi connectivity index (χ1) is 10.1. The van der Waals surface area contributed by atoms with Crippen LogP contribution in [-0.2, 0) is 6.54 Å². The number of hydrogen-bond donors (Lipinski definition) is 2. The number of nitrogens with one attached hydrogen (secondary N) is 1. The lowest BCUT2D eigenvalue weighted by Crippen LogP contribution is -2.32. The van der Waals surface area contributed by atoms with Gasteiger partial charge in [0.2, 0.25) is 0 Å². The van der Waals surface area contributed by atoms with Crippen molar-refractivity contribution in [2.45, 2.75) is 32.2 Å². The molecule has 116 valence electrons. The van der Waals surface area contributed by atoms with Crippen LogP contribution in [0.4, 0.5) is 5.69 Å². The molecule has 0 aromatic heterocycles. The summed E-state index contributed by atoms with van der Waals surface area (Å²) in [6.45, 7) is 1.52. The summed E-state index contributed by atoms with van der Waals surface area (Å²) in [7, 11) is 0. The summed E-state index contributed by atoms with van der Waals surface area (Å²) >= 11 is 3.35. The number of nitro benzene ring substituents is 1. The van der Waals surface area contributed by atoms with Gasteiger partial charge in [-0.3, -0.25) is 10.1 Å². The van der Waals surface area contributed by atoms with Crippen LogP contribution in [0.1, 0.15) is 31.2 Å². The number of hydrogen-bond acceptors (Lipinski definition) is 4. The van der Waals surface area contributed by atoms with Crippen molar-refractivity contribution in [3.8, 4) is 0 Å². The highest BCUT2D eigenvalue weighted by Gasteiger charge is 2.24. The summed E-state index contributed by atoms with van der Waals surface area (Å²) < 4.78 is 0.843. The van der Waals surface area contributed by atoms with Gasteiger partial charge in [0.15, 0.2) is 0 Å². The standard InChI is InChI=1S/C15H21BrN2O3/c16-14-5-6-15(18(20)21)13(7-14)9-17-8-11-3-1-2-4-12(11)10-19/h5-7,11-12,17,19H,1-4,8-10H2. The molecule has 0 aliphatic heterocycles. The summed E-state index contributed by atoms with van der Waals surface area (Å²) in [5, 5.41) is 23.8. The highest BCUT2D eigenvalue weighted by Crippen LogP contribution is 2.29. The summed E-state index contributed by atoms with van der Waals surface area (Å²) in [5.74, 6) is 0.832. The van der Waals surface area contributed by atoms with E-state index in [4.69, 9.17) is 0 Å². The number of nitrogens with zero attached hydrogens (tertiary/aromatic N) is 1. The summed E-state index contributed by atoms with van der Waals surface area (Å²) in [6.07, 6.45) is 4.61. The van der Waals surface area contributed by atoms with Gasteiger partial charge in [-0.05, 0) is 43.4 Å². The second-order valence-electron chi connectivity index (χ2n) is 5.65.